The SMILES string of the molecule is CN=C1CC2(c3c(C)ccc(O)c3O)CC(=O)CCC12O. The number of benzene rings is 1. The van der Waals surface area contributed by atoms with Crippen LogP contribution in [0.3, 0.4) is 0 Å². The van der Waals surface area contributed by atoms with Crippen LogP contribution < -0.4 is 0 Å². The van der Waals surface area contributed by atoms with E-state index in [0.29, 0.717) is 30.5 Å². The van der Waals surface area contributed by atoms with Crippen LogP contribution in [-0.2, 0) is 10.2 Å². The fraction of sp³-hybridized carbons (Fsp3) is 0.500. The second-order valence-corrected chi connectivity index (χ2v) is 6.13. The number of hydrogen-bond donors (Lipinski definition) is 3. The first-order chi connectivity index (χ1) is 9.85. The largest absolute Gasteiger partial charge is 0.504 e. The molecule has 0 aromatic heterocycles. The average molecular weight is 289 g/mol. The van der Waals surface area contributed by atoms with E-state index in [1.807, 2.05) is 6.92 Å². The first-order valence-corrected chi connectivity index (χ1v) is 7.08. The Balaban J connectivity index is 2.24. The summed E-state index contributed by atoms with van der Waals surface area (Å²) in [5.41, 5.74) is -0.174. The number of nitrogens with zero attached hydrogens (tertiary/aromatic N) is 1. The van der Waals surface area contributed by atoms with Gasteiger partial charge in [0.1, 0.15) is 11.4 Å². The number of aliphatic hydroxyl groups is 1. The number of phenols is 2. The monoisotopic (exact) mass is 289 g/mol. The van der Waals surface area contributed by atoms with Crippen LogP contribution in [0.5, 0.6) is 11.5 Å². The molecule has 3 N–H and O–H groups in total. The van der Waals surface area contributed by atoms with E-state index >= 15 is 0 Å². The predicted octanol–water partition coefficient (Wildman–Crippen LogP) is 1.60. The van der Waals surface area contributed by atoms with Crippen LogP contribution in [0, 0.1) is 6.92 Å². The summed E-state index contributed by atoms with van der Waals surface area (Å²) in [5, 5.41) is 31.2. The maximum Gasteiger partial charge on any atom is 0.161 e. The number of aromatic hydroxyl groups is 2. The molecule has 5 nitrogen and oxygen atoms in total. The zero-order valence-electron chi connectivity index (χ0n) is 12.2. The van der Waals surface area contributed by atoms with Gasteiger partial charge in [-0.25, -0.2) is 0 Å². The summed E-state index contributed by atoms with van der Waals surface area (Å²) < 4.78 is 0. The van der Waals surface area contributed by atoms with Gasteiger partial charge >= 0.3 is 0 Å². The zero-order chi connectivity index (χ0) is 15.4. The number of aryl methyl sites for hydroxylation is 1. The van der Waals surface area contributed by atoms with Crippen LogP contribution in [0.15, 0.2) is 17.1 Å². The minimum atomic E-state index is -1.20. The Labute approximate surface area is 123 Å². The molecule has 0 aliphatic heterocycles. The van der Waals surface area contributed by atoms with Crippen molar-refractivity contribution in [2.24, 2.45) is 4.99 Å². The Morgan fingerprint density at radius 3 is 2.62 bits per heavy atom. The number of fused-ring (bicyclic) bond motifs is 1. The Hall–Kier alpha value is -1.88. The van der Waals surface area contributed by atoms with Crippen molar-refractivity contribution >= 4 is 11.5 Å². The van der Waals surface area contributed by atoms with Crippen LogP contribution in [0.4, 0.5) is 0 Å². The molecule has 2 atom stereocenters. The summed E-state index contributed by atoms with van der Waals surface area (Å²) >= 11 is 0. The highest BCUT2D eigenvalue weighted by molar-refractivity contribution is 6.06. The number of carbonyl (C=O) groups excluding carboxylic acids is 1. The first-order valence-electron chi connectivity index (χ1n) is 7.08. The summed E-state index contributed by atoms with van der Waals surface area (Å²) in [5.74, 6) is -0.400. The Bertz CT molecular complexity index is 666. The lowest BCUT2D eigenvalue weighted by atomic mass is 9.46. The van der Waals surface area contributed by atoms with E-state index in [4.69, 9.17) is 0 Å². The molecule has 0 heterocycles. The van der Waals surface area contributed by atoms with E-state index in [-0.39, 0.29) is 23.7 Å². The van der Waals surface area contributed by atoms with Crippen molar-refractivity contribution in [1.29, 1.82) is 0 Å². The molecule has 0 bridgehead atoms. The Kier molecular flexibility index (Phi) is 2.89. The Morgan fingerprint density at radius 2 is 1.95 bits per heavy atom. The maximum atomic E-state index is 12.0. The molecule has 0 amide bonds. The molecule has 5 heteroatoms. The minimum Gasteiger partial charge on any atom is -0.504 e. The molecule has 2 saturated carbocycles. The molecule has 1 aromatic rings. The molecule has 2 aliphatic rings. The van der Waals surface area contributed by atoms with E-state index < -0.39 is 11.0 Å². The number of ketones is 1. The smallest absolute Gasteiger partial charge is 0.161 e. The van der Waals surface area contributed by atoms with Gasteiger partial charge in [0.15, 0.2) is 11.5 Å². The third-order valence-electron chi connectivity index (χ3n) is 5.12. The number of carbonyl (C=O) groups is 1. The number of aliphatic imine (C=N–C) groups is 1. The topological polar surface area (TPSA) is 90.1 Å². The van der Waals surface area contributed by atoms with Gasteiger partial charge in [-0.1, -0.05) is 6.07 Å². The number of rotatable bonds is 1. The summed E-state index contributed by atoms with van der Waals surface area (Å²) in [7, 11) is 1.63. The fourth-order valence-electron chi connectivity index (χ4n) is 4.02. The van der Waals surface area contributed by atoms with E-state index in [0.717, 1.165) is 5.56 Å². The number of phenolic OH excluding ortho intramolecular Hbond substituents is 2. The lowest BCUT2D eigenvalue weighted by Crippen LogP contribution is -2.70. The molecule has 1 aromatic carbocycles. The van der Waals surface area contributed by atoms with Crippen molar-refractivity contribution in [3.63, 3.8) is 0 Å². The average Bonchev–Trinajstić information content (AvgIpc) is 2.44. The maximum absolute atomic E-state index is 12.0. The molecule has 2 unspecified atom stereocenters. The normalized spacial score (nSPS) is 33.7. The molecule has 0 spiro atoms. The van der Waals surface area contributed by atoms with Gasteiger partial charge in [0.2, 0.25) is 0 Å². The molecule has 0 saturated heterocycles. The van der Waals surface area contributed by atoms with E-state index in [2.05, 4.69) is 4.99 Å². The van der Waals surface area contributed by atoms with Gasteiger partial charge in [0.25, 0.3) is 0 Å². The van der Waals surface area contributed by atoms with E-state index in [9.17, 15) is 20.1 Å². The molecular formula is C16H19NO4. The Morgan fingerprint density at radius 1 is 1.24 bits per heavy atom. The summed E-state index contributed by atoms with van der Waals surface area (Å²) in [4.78, 5) is 16.1. The fourth-order valence-corrected chi connectivity index (χ4v) is 4.02. The van der Waals surface area contributed by atoms with Crippen LogP contribution >= 0.6 is 0 Å². The van der Waals surface area contributed by atoms with Crippen molar-refractivity contribution in [2.45, 2.75) is 43.6 Å². The highest BCUT2D eigenvalue weighted by atomic mass is 16.3. The van der Waals surface area contributed by atoms with Crippen molar-refractivity contribution in [3.8, 4) is 11.5 Å². The third kappa shape index (κ3) is 1.61. The summed E-state index contributed by atoms with van der Waals surface area (Å²) in [6.45, 7) is 1.81. The minimum absolute atomic E-state index is 0.0666. The van der Waals surface area contributed by atoms with Crippen LogP contribution in [0.2, 0.25) is 0 Å². The molecule has 2 aliphatic carbocycles. The molecular weight excluding hydrogens is 270 g/mol. The summed E-state index contributed by atoms with van der Waals surface area (Å²) in [6, 6.07) is 3.11. The molecule has 2 fully saturated rings. The number of Topliss-reactive ketones (excluding diaryl/α,β-unsaturated/α-hetero) is 1. The highest BCUT2D eigenvalue weighted by Gasteiger charge is 2.67. The molecule has 21 heavy (non-hydrogen) atoms. The van der Waals surface area contributed by atoms with E-state index in [1.54, 1.807) is 13.1 Å². The van der Waals surface area contributed by atoms with Gasteiger partial charge in [0.05, 0.1) is 0 Å². The van der Waals surface area contributed by atoms with Gasteiger partial charge in [-0.3, -0.25) is 9.79 Å². The summed E-state index contributed by atoms with van der Waals surface area (Å²) in [6.07, 6.45) is 1.23. The predicted molar refractivity (Wildman–Crippen MR) is 78.0 cm³/mol. The molecule has 3 rings (SSSR count). The second kappa shape index (κ2) is 4.31. The quantitative estimate of drug-likeness (QED) is 0.685. The van der Waals surface area contributed by atoms with Gasteiger partial charge in [-0.15, -0.1) is 0 Å². The van der Waals surface area contributed by atoms with Crippen molar-refractivity contribution < 1.29 is 20.1 Å². The lowest BCUT2D eigenvalue weighted by Gasteiger charge is -2.59. The number of hydrogen-bond acceptors (Lipinski definition) is 5. The van der Waals surface area contributed by atoms with Gasteiger partial charge in [-0.2, -0.15) is 0 Å². The van der Waals surface area contributed by atoms with Gasteiger partial charge in [-0.05, 0) is 25.0 Å². The lowest BCUT2D eigenvalue weighted by molar-refractivity contribution is -0.131. The second-order valence-electron chi connectivity index (χ2n) is 6.13. The highest BCUT2D eigenvalue weighted by Crippen LogP contribution is 2.60. The van der Waals surface area contributed by atoms with Gasteiger partial charge in [0, 0.05) is 43.0 Å². The third-order valence-corrected chi connectivity index (χ3v) is 5.12. The van der Waals surface area contributed by atoms with Crippen molar-refractivity contribution in [3.05, 3.63) is 23.3 Å². The van der Waals surface area contributed by atoms with Crippen molar-refractivity contribution in [2.75, 3.05) is 7.05 Å². The van der Waals surface area contributed by atoms with Gasteiger partial charge < -0.3 is 15.3 Å². The molecule has 0 radical (unpaired) electrons. The zero-order valence-corrected chi connectivity index (χ0v) is 12.2. The standard InChI is InChI=1S/C16H19NO4/c1-9-3-4-11(19)14(20)13(9)15-7-10(18)5-6-16(15,21)12(8-15)17-2/h3-4,19-21H,5-8H2,1-2H3. The van der Waals surface area contributed by atoms with Crippen LogP contribution in [0.25, 0.3) is 0 Å². The molecule has 112 valence electrons. The first kappa shape index (κ1) is 14.1. The van der Waals surface area contributed by atoms with Crippen LogP contribution in [0.1, 0.15) is 36.8 Å². The van der Waals surface area contributed by atoms with E-state index in [1.165, 1.54) is 6.07 Å². The van der Waals surface area contributed by atoms with Crippen molar-refractivity contribution in [1.82, 2.24) is 0 Å². The van der Waals surface area contributed by atoms with Crippen LogP contribution in [-0.4, -0.2) is 39.5 Å².